The van der Waals surface area contributed by atoms with Gasteiger partial charge in [0.15, 0.2) is 5.82 Å². The molecule has 7 nitrogen and oxygen atoms in total. The molecule has 0 bridgehead atoms. The first-order valence-electron chi connectivity index (χ1n) is 8.78. The van der Waals surface area contributed by atoms with Gasteiger partial charge in [-0.2, -0.15) is 0 Å². The summed E-state index contributed by atoms with van der Waals surface area (Å²) in [5.74, 6) is 0.843. The monoisotopic (exact) mass is 342 g/mol. The lowest BCUT2D eigenvalue weighted by atomic mass is 10.2. The molecule has 1 unspecified atom stereocenters. The number of urea groups is 1. The molecule has 0 radical (unpaired) electrons. The fourth-order valence-corrected chi connectivity index (χ4v) is 3.26. The van der Waals surface area contributed by atoms with E-state index in [9.17, 15) is 4.79 Å². The molecule has 0 spiro atoms. The fourth-order valence-electron chi connectivity index (χ4n) is 3.26. The molecule has 0 saturated carbocycles. The minimum Gasteiger partial charge on any atom is -0.383 e. The molecule has 1 atom stereocenters. The van der Waals surface area contributed by atoms with Crippen LogP contribution >= 0.6 is 0 Å². The zero-order chi connectivity index (χ0) is 17.8. The maximum Gasteiger partial charge on any atom is 0.318 e. The molecule has 2 amide bonds. The van der Waals surface area contributed by atoms with E-state index in [2.05, 4.69) is 40.7 Å². The lowest BCUT2D eigenvalue weighted by Crippen LogP contribution is -2.39. The van der Waals surface area contributed by atoms with Gasteiger partial charge in [-0.15, -0.1) is 10.2 Å². The van der Waals surface area contributed by atoms with Crippen molar-refractivity contribution in [3.05, 3.63) is 42.0 Å². The van der Waals surface area contributed by atoms with Crippen LogP contribution in [0.4, 0.5) is 10.5 Å². The molecule has 2 N–H and O–H groups in total. The number of nitrogens with one attached hydrogen (secondary N) is 2. The van der Waals surface area contributed by atoms with Crippen molar-refractivity contribution in [1.82, 2.24) is 25.0 Å². The fraction of sp³-hybridized carbons (Fsp3) is 0.500. The van der Waals surface area contributed by atoms with Crippen molar-refractivity contribution in [2.45, 2.75) is 45.3 Å². The number of nitrogens with zero attached hydrogens (tertiary/aromatic N) is 4. The van der Waals surface area contributed by atoms with Gasteiger partial charge in [-0.3, -0.25) is 0 Å². The van der Waals surface area contributed by atoms with E-state index in [0.717, 1.165) is 36.5 Å². The molecule has 1 saturated heterocycles. The van der Waals surface area contributed by atoms with Crippen LogP contribution in [-0.4, -0.2) is 38.3 Å². The number of rotatable bonds is 5. The van der Waals surface area contributed by atoms with Crippen LogP contribution in [0.5, 0.6) is 0 Å². The van der Waals surface area contributed by atoms with Gasteiger partial charge < -0.3 is 20.1 Å². The van der Waals surface area contributed by atoms with Crippen LogP contribution in [0.25, 0.3) is 0 Å². The molecule has 3 rings (SSSR count). The number of carbonyl (C=O) groups excluding carboxylic acids is 1. The summed E-state index contributed by atoms with van der Waals surface area (Å²) in [6.45, 7) is 5.47. The Hall–Kier alpha value is -2.57. The molecule has 1 aliphatic heterocycles. The Bertz CT molecular complexity index is 726. The summed E-state index contributed by atoms with van der Waals surface area (Å²) in [6, 6.07) is 8.47. The van der Waals surface area contributed by atoms with Crippen molar-refractivity contribution in [3.63, 3.8) is 0 Å². The number of amides is 2. The van der Waals surface area contributed by atoms with E-state index < -0.39 is 0 Å². The van der Waals surface area contributed by atoms with Gasteiger partial charge in [0.25, 0.3) is 0 Å². The van der Waals surface area contributed by atoms with E-state index >= 15 is 0 Å². The SMILES string of the molecule is CC(C)Nc1cccc(CNC(=O)N2CCCC2c2nncn2C)c1. The molecule has 7 heteroatoms. The minimum absolute atomic E-state index is 0.00134. The van der Waals surface area contributed by atoms with Gasteiger partial charge in [0, 0.05) is 31.9 Å². The second kappa shape index (κ2) is 7.55. The highest BCUT2D eigenvalue weighted by Crippen LogP contribution is 2.30. The van der Waals surface area contributed by atoms with Crippen LogP contribution in [0, 0.1) is 0 Å². The Morgan fingerprint density at radius 1 is 1.40 bits per heavy atom. The van der Waals surface area contributed by atoms with Crippen molar-refractivity contribution in [1.29, 1.82) is 0 Å². The molecule has 2 heterocycles. The predicted molar refractivity (Wildman–Crippen MR) is 97.1 cm³/mol. The molecule has 1 aromatic heterocycles. The van der Waals surface area contributed by atoms with E-state index in [1.165, 1.54) is 0 Å². The third kappa shape index (κ3) is 4.10. The Morgan fingerprint density at radius 3 is 2.96 bits per heavy atom. The molecular formula is C18H26N6O. The maximum atomic E-state index is 12.6. The average Bonchev–Trinajstić information content (AvgIpc) is 3.20. The number of hydrogen-bond donors (Lipinski definition) is 2. The van der Waals surface area contributed by atoms with Crippen LogP contribution in [0.2, 0.25) is 0 Å². The summed E-state index contributed by atoms with van der Waals surface area (Å²) in [4.78, 5) is 14.5. The summed E-state index contributed by atoms with van der Waals surface area (Å²) in [5.41, 5.74) is 2.15. The zero-order valence-corrected chi connectivity index (χ0v) is 15.1. The third-order valence-corrected chi connectivity index (χ3v) is 4.38. The first-order valence-corrected chi connectivity index (χ1v) is 8.78. The molecule has 1 fully saturated rings. The Labute approximate surface area is 148 Å². The molecule has 25 heavy (non-hydrogen) atoms. The minimum atomic E-state index is -0.0484. The number of anilines is 1. The van der Waals surface area contributed by atoms with Crippen molar-refractivity contribution < 1.29 is 4.79 Å². The first-order chi connectivity index (χ1) is 12.0. The Morgan fingerprint density at radius 2 is 2.24 bits per heavy atom. The van der Waals surface area contributed by atoms with Crippen molar-refractivity contribution in [2.24, 2.45) is 7.05 Å². The molecule has 1 aromatic carbocycles. The average molecular weight is 342 g/mol. The summed E-state index contributed by atoms with van der Waals surface area (Å²) < 4.78 is 1.89. The third-order valence-electron chi connectivity index (χ3n) is 4.38. The van der Waals surface area contributed by atoms with Gasteiger partial charge in [-0.25, -0.2) is 4.79 Å². The van der Waals surface area contributed by atoms with E-state index in [1.54, 1.807) is 6.33 Å². The maximum absolute atomic E-state index is 12.6. The number of aryl methyl sites for hydroxylation is 1. The van der Waals surface area contributed by atoms with E-state index in [0.29, 0.717) is 12.6 Å². The highest BCUT2D eigenvalue weighted by Gasteiger charge is 2.32. The quantitative estimate of drug-likeness (QED) is 0.876. The van der Waals surface area contributed by atoms with Crippen LogP contribution in [0.3, 0.4) is 0 Å². The summed E-state index contributed by atoms with van der Waals surface area (Å²) in [5, 5.41) is 14.5. The van der Waals surface area contributed by atoms with Crippen LogP contribution in [0.1, 0.15) is 44.1 Å². The molecule has 0 aliphatic carbocycles. The largest absolute Gasteiger partial charge is 0.383 e. The number of carbonyl (C=O) groups is 1. The topological polar surface area (TPSA) is 75.1 Å². The van der Waals surface area contributed by atoms with E-state index in [1.807, 2.05) is 34.7 Å². The normalized spacial score (nSPS) is 17.1. The van der Waals surface area contributed by atoms with E-state index in [4.69, 9.17) is 0 Å². The van der Waals surface area contributed by atoms with Crippen LogP contribution in [0.15, 0.2) is 30.6 Å². The molecule has 1 aliphatic rings. The number of aromatic nitrogens is 3. The van der Waals surface area contributed by atoms with Gasteiger partial charge in [0.1, 0.15) is 6.33 Å². The lowest BCUT2D eigenvalue weighted by molar-refractivity contribution is 0.189. The first kappa shape index (κ1) is 17.3. The van der Waals surface area contributed by atoms with Gasteiger partial charge >= 0.3 is 6.03 Å². The summed E-state index contributed by atoms with van der Waals surface area (Å²) >= 11 is 0. The summed E-state index contributed by atoms with van der Waals surface area (Å²) in [7, 11) is 1.91. The molecular weight excluding hydrogens is 316 g/mol. The van der Waals surface area contributed by atoms with Gasteiger partial charge in [-0.1, -0.05) is 12.1 Å². The highest BCUT2D eigenvalue weighted by molar-refractivity contribution is 5.75. The summed E-state index contributed by atoms with van der Waals surface area (Å²) in [6.07, 6.45) is 3.59. The lowest BCUT2D eigenvalue weighted by Gasteiger charge is -2.24. The predicted octanol–water partition coefficient (Wildman–Crippen LogP) is 2.68. The van der Waals surface area contributed by atoms with Crippen LogP contribution in [-0.2, 0) is 13.6 Å². The van der Waals surface area contributed by atoms with Crippen LogP contribution < -0.4 is 10.6 Å². The van der Waals surface area contributed by atoms with E-state index in [-0.39, 0.29) is 12.1 Å². The highest BCUT2D eigenvalue weighted by atomic mass is 16.2. The Kier molecular flexibility index (Phi) is 5.21. The standard InChI is InChI=1S/C18H26N6O/c1-13(2)21-15-7-4-6-14(10-15)11-19-18(25)24-9-5-8-16(24)17-22-20-12-23(17)3/h4,6-7,10,12-13,16,21H,5,8-9,11H2,1-3H3,(H,19,25). The van der Waals surface area contributed by atoms with Crippen molar-refractivity contribution in [2.75, 3.05) is 11.9 Å². The zero-order valence-electron chi connectivity index (χ0n) is 15.1. The molecule has 134 valence electrons. The Balaban J connectivity index is 1.61. The second-order valence-electron chi connectivity index (χ2n) is 6.81. The number of hydrogen-bond acceptors (Lipinski definition) is 4. The van der Waals surface area contributed by atoms with Crippen molar-refractivity contribution in [3.8, 4) is 0 Å². The number of benzene rings is 1. The smallest absolute Gasteiger partial charge is 0.318 e. The second-order valence-corrected chi connectivity index (χ2v) is 6.81. The van der Waals surface area contributed by atoms with Gasteiger partial charge in [-0.05, 0) is 44.4 Å². The van der Waals surface area contributed by atoms with Gasteiger partial charge in [0.05, 0.1) is 6.04 Å². The van der Waals surface area contributed by atoms with Crippen molar-refractivity contribution >= 4 is 11.7 Å². The number of likely N-dealkylation sites (tertiary alicyclic amines) is 1. The van der Waals surface area contributed by atoms with Gasteiger partial charge in [0.2, 0.25) is 0 Å². The molecule has 2 aromatic rings.